The van der Waals surface area contributed by atoms with Crippen molar-refractivity contribution in [3.05, 3.63) is 11.3 Å². The predicted molar refractivity (Wildman–Crippen MR) is 76.1 cm³/mol. The quantitative estimate of drug-likeness (QED) is 0.893. The summed E-state index contributed by atoms with van der Waals surface area (Å²) in [4.78, 5) is 0. The van der Waals surface area contributed by atoms with E-state index in [1.165, 1.54) is 50.1 Å². The average molecular weight is 273 g/mol. The van der Waals surface area contributed by atoms with Crippen LogP contribution in [0.2, 0.25) is 0 Å². The van der Waals surface area contributed by atoms with E-state index < -0.39 is 0 Å². The molecule has 4 aliphatic rings. The number of hydrogen-bond donors (Lipinski definition) is 1. The summed E-state index contributed by atoms with van der Waals surface area (Å²) in [5.74, 6) is 2.79. The second-order valence-corrected chi connectivity index (χ2v) is 7.68. The second-order valence-electron chi connectivity index (χ2n) is 6.91. The van der Waals surface area contributed by atoms with Gasteiger partial charge >= 0.3 is 0 Å². The molecule has 4 bridgehead atoms. The van der Waals surface area contributed by atoms with E-state index in [4.69, 9.17) is 0 Å². The predicted octanol–water partition coefficient (Wildman–Crippen LogP) is 3.70. The van der Waals surface area contributed by atoms with Crippen LogP contribution in [0.5, 0.6) is 0 Å². The fraction of sp³-hybridized carbons (Fsp3) is 0.733. The first kappa shape index (κ1) is 11.7. The normalized spacial score (nSPS) is 39.3. The van der Waals surface area contributed by atoms with Crippen molar-refractivity contribution in [2.24, 2.45) is 17.8 Å². The molecule has 1 aromatic rings. The van der Waals surface area contributed by atoms with E-state index in [1.807, 2.05) is 6.92 Å². The summed E-state index contributed by atoms with van der Waals surface area (Å²) < 4.78 is 4.34. The molecule has 0 unspecified atom stereocenters. The fourth-order valence-electron chi connectivity index (χ4n) is 5.09. The van der Waals surface area contributed by atoms with Gasteiger partial charge in [-0.25, -0.2) is 0 Å². The van der Waals surface area contributed by atoms with Crippen LogP contribution in [-0.2, 0) is 0 Å². The molecule has 19 heavy (non-hydrogen) atoms. The van der Waals surface area contributed by atoms with Crippen molar-refractivity contribution in [2.45, 2.75) is 51.0 Å². The number of hydrogen-bond acceptors (Lipinski definition) is 4. The van der Waals surface area contributed by atoms with Gasteiger partial charge in [0.2, 0.25) is 0 Å². The highest BCUT2D eigenvalue weighted by Crippen LogP contribution is 2.56. The zero-order chi connectivity index (χ0) is 13.0. The maximum absolute atomic E-state index is 9.28. The van der Waals surface area contributed by atoms with Crippen molar-refractivity contribution < 1.29 is 0 Å². The molecule has 0 radical (unpaired) electrons. The van der Waals surface area contributed by atoms with Crippen molar-refractivity contribution in [1.82, 2.24) is 4.37 Å². The topological polar surface area (TPSA) is 48.7 Å². The Balaban J connectivity index is 1.64. The van der Waals surface area contributed by atoms with Crippen molar-refractivity contribution >= 4 is 16.5 Å². The maximum Gasteiger partial charge on any atom is 0.128 e. The van der Waals surface area contributed by atoms with Gasteiger partial charge < -0.3 is 5.32 Å². The number of rotatable bonds is 2. The van der Waals surface area contributed by atoms with Gasteiger partial charge in [0.25, 0.3) is 0 Å². The van der Waals surface area contributed by atoms with E-state index in [0.717, 1.165) is 34.0 Å². The van der Waals surface area contributed by atoms with Gasteiger partial charge in [0.1, 0.15) is 16.6 Å². The second kappa shape index (κ2) is 3.96. The Morgan fingerprint density at radius 1 is 1.21 bits per heavy atom. The van der Waals surface area contributed by atoms with Crippen LogP contribution in [0.3, 0.4) is 0 Å². The average Bonchev–Trinajstić information content (AvgIpc) is 2.67. The molecular weight excluding hydrogens is 254 g/mol. The first-order valence-electron chi connectivity index (χ1n) is 7.32. The van der Waals surface area contributed by atoms with Crippen LogP contribution >= 0.6 is 11.5 Å². The Labute approximate surface area is 118 Å². The summed E-state index contributed by atoms with van der Waals surface area (Å²) in [5.41, 5.74) is 1.92. The van der Waals surface area contributed by atoms with Crippen molar-refractivity contribution in [3.8, 4) is 6.07 Å². The molecule has 0 aromatic carbocycles. The van der Waals surface area contributed by atoms with E-state index in [2.05, 4.69) is 15.8 Å². The van der Waals surface area contributed by atoms with Crippen LogP contribution in [-0.4, -0.2) is 9.91 Å². The van der Waals surface area contributed by atoms with Gasteiger partial charge in [-0.1, -0.05) is 0 Å². The van der Waals surface area contributed by atoms with Crippen LogP contribution in [0.1, 0.15) is 49.8 Å². The van der Waals surface area contributed by atoms with Crippen LogP contribution < -0.4 is 5.32 Å². The molecule has 4 heteroatoms. The maximum atomic E-state index is 9.28. The lowest BCUT2D eigenvalue weighted by molar-refractivity contribution is 0.0108. The Bertz CT molecular complexity index is 519. The lowest BCUT2D eigenvalue weighted by Gasteiger charge is -2.57. The van der Waals surface area contributed by atoms with E-state index in [1.54, 1.807) is 0 Å². The van der Waals surface area contributed by atoms with E-state index in [9.17, 15) is 5.26 Å². The summed E-state index contributed by atoms with van der Waals surface area (Å²) in [6.45, 7) is 1.93. The third-order valence-corrected chi connectivity index (χ3v) is 6.25. The van der Waals surface area contributed by atoms with Crippen molar-refractivity contribution in [2.75, 3.05) is 5.32 Å². The molecule has 0 amide bonds. The van der Waals surface area contributed by atoms with Crippen molar-refractivity contribution in [1.29, 1.82) is 5.26 Å². The summed E-state index contributed by atoms with van der Waals surface area (Å²) in [5, 5.41) is 14.1. The molecule has 4 saturated carbocycles. The van der Waals surface area contributed by atoms with E-state index in [-0.39, 0.29) is 5.54 Å². The molecule has 0 spiro atoms. The third kappa shape index (κ3) is 1.79. The molecule has 5 rings (SSSR count). The minimum absolute atomic E-state index is 0.277. The molecule has 100 valence electrons. The van der Waals surface area contributed by atoms with Crippen LogP contribution in [0.25, 0.3) is 0 Å². The van der Waals surface area contributed by atoms with Gasteiger partial charge in [-0.2, -0.15) is 9.64 Å². The molecule has 1 N–H and O–H groups in total. The van der Waals surface area contributed by atoms with Crippen LogP contribution in [0, 0.1) is 36.0 Å². The third-order valence-electron chi connectivity index (χ3n) is 5.39. The molecule has 4 fully saturated rings. The van der Waals surface area contributed by atoms with Crippen LogP contribution in [0.4, 0.5) is 5.00 Å². The lowest BCUT2D eigenvalue weighted by Crippen LogP contribution is -2.54. The van der Waals surface area contributed by atoms with Crippen molar-refractivity contribution in [3.63, 3.8) is 0 Å². The highest BCUT2D eigenvalue weighted by atomic mass is 32.1. The smallest absolute Gasteiger partial charge is 0.128 e. The van der Waals surface area contributed by atoms with Crippen LogP contribution in [0.15, 0.2) is 0 Å². The fourth-order valence-corrected chi connectivity index (χ4v) is 5.96. The summed E-state index contributed by atoms with van der Waals surface area (Å²) in [7, 11) is 0. The van der Waals surface area contributed by atoms with Gasteiger partial charge in [0.15, 0.2) is 0 Å². The lowest BCUT2D eigenvalue weighted by atomic mass is 9.53. The molecular formula is C15H19N3S. The summed E-state index contributed by atoms with van der Waals surface area (Å²) in [6.07, 6.45) is 8.28. The molecule has 0 atom stereocenters. The molecule has 3 nitrogen and oxygen atoms in total. The molecule has 1 heterocycles. The number of anilines is 1. The van der Waals surface area contributed by atoms with Gasteiger partial charge in [-0.05, 0) is 74.7 Å². The van der Waals surface area contributed by atoms with E-state index >= 15 is 0 Å². The highest BCUT2D eigenvalue weighted by Gasteiger charge is 2.51. The largest absolute Gasteiger partial charge is 0.369 e. The number of nitriles is 1. The van der Waals surface area contributed by atoms with Gasteiger partial charge in [-0.15, -0.1) is 0 Å². The first-order valence-corrected chi connectivity index (χ1v) is 8.09. The van der Waals surface area contributed by atoms with E-state index in [0.29, 0.717) is 0 Å². The zero-order valence-electron chi connectivity index (χ0n) is 11.3. The Morgan fingerprint density at radius 2 is 1.79 bits per heavy atom. The number of nitrogens with zero attached hydrogens (tertiary/aromatic N) is 2. The Hall–Kier alpha value is -1.08. The minimum atomic E-state index is 0.277. The molecule has 4 aliphatic carbocycles. The summed E-state index contributed by atoms with van der Waals surface area (Å²) >= 11 is 1.47. The highest BCUT2D eigenvalue weighted by molar-refractivity contribution is 7.10. The molecule has 1 aromatic heterocycles. The molecule has 0 aliphatic heterocycles. The van der Waals surface area contributed by atoms with Gasteiger partial charge in [-0.3, -0.25) is 0 Å². The standard InChI is InChI=1S/C15H19N3S/c1-9-13(8-16)14(19-18-9)17-15-5-10-2-11(6-15)4-12(3-10)7-15/h10-12,17H,2-7H2,1H3. The number of nitrogens with one attached hydrogen (secondary N) is 1. The molecule has 0 saturated heterocycles. The SMILES string of the molecule is Cc1nsc(NC23CC4CC(CC(C4)C2)C3)c1C#N. The monoisotopic (exact) mass is 273 g/mol. The zero-order valence-corrected chi connectivity index (χ0v) is 12.1. The Kier molecular flexibility index (Phi) is 2.44. The minimum Gasteiger partial charge on any atom is -0.369 e. The summed E-state index contributed by atoms with van der Waals surface area (Å²) in [6, 6.07) is 2.31. The number of aryl methyl sites for hydroxylation is 1. The number of aromatic nitrogens is 1. The first-order chi connectivity index (χ1) is 9.17. The van der Waals surface area contributed by atoms with Gasteiger partial charge in [0.05, 0.1) is 5.69 Å². The van der Waals surface area contributed by atoms with Gasteiger partial charge in [0, 0.05) is 5.54 Å². The Morgan fingerprint density at radius 3 is 2.32 bits per heavy atom.